The highest BCUT2D eigenvalue weighted by Crippen LogP contribution is 2.29. The normalized spacial score (nSPS) is 12.7. The first-order chi connectivity index (χ1) is 5.61. The van der Waals surface area contributed by atoms with Crippen molar-refractivity contribution < 1.29 is 5.11 Å². The van der Waals surface area contributed by atoms with E-state index >= 15 is 0 Å². The third-order valence-electron chi connectivity index (χ3n) is 1.40. The molecular formula is C9H11ClOS. The molecule has 0 saturated carbocycles. The quantitative estimate of drug-likeness (QED) is 0.729. The van der Waals surface area contributed by atoms with Crippen LogP contribution < -0.4 is 0 Å². The minimum atomic E-state index is -0.553. The summed E-state index contributed by atoms with van der Waals surface area (Å²) in [4.78, 5) is 0.817. The molecule has 0 aromatic carbocycles. The van der Waals surface area contributed by atoms with Gasteiger partial charge in [-0.15, -0.1) is 11.3 Å². The van der Waals surface area contributed by atoms with Crippen LogP contribution in [-0.2, 0) is 0 Å². The number of aliphatic hydroxyl groups is 1. The summed E-state index contributed by atoms with van der Waals surface area (Å²) in [6.45, 7) is 3.90. The lowest BCUT2D eigenvalue weighted by molar-refractivity contribution is 0.231. The molecule has 1 rings (SSSR count). The van der Waals surface area contributed by atoms with Crippen LogP contribution >= 0.6 is 22.9 Å². The molecule has 1 heterocycles. The molecule has 1 N–H and O–H groups in total. The molecular weight excluding hydrogens is 192 g/mol. The molecule has 1 aromatic heterocycles. The van der Waals surface area contributed by atoms with E-state index in [4.69, 9.17) is 11.6 Å². The van der Waals surface area contributed by atoms with E-state index in [9.17, 15) is 5.11 Å². The molecule has 12 heavy (non-hydrogen) atoms. The Kier molecular flexibility index (Phi) is 3.32. The number of thiophene rings is 1. The predicted molar refractivity (Wildman–Crippen MR) is 53.7 cm³/mol. The summed E-state index contributed by atoms with van der Waals surface area (Å²) >= 11 is 7.31. The van der Waals surface area contributed by atoms with Crippen LogP contribution in [0.4, 0.5) is 0 Å². The molecule has 0 aliphatic rings. The molecule has 66 valence electrons. The predicted octanol–water partition coefficient (Wildman–Crippen LogP) is 3.40. The zero-order valence-electron chi connectivity index (χ0n) is 7.04. The Balaban J connectivity index is 2.85. The first-order valence-electron chi connectivity index (χ1n) is 3.67. The van der Waals surface area contributed by atoms with E-state index in [1.54, 1.807) is 12.1 Å². The van der Waals surface area contributed by atoms with Crippen LogP contribution in [0.3, 0.4) is 0 Å². The highest BCUT2D eigenvalue weighted by atomic mass is 35.5. The number of halogens is 1. The molecule has 0 spiro atoms. The van der Waals surface area contributed by atoms with Crippen LogP contribution in [0.1, 0.15) is 24.8 Å². The monoisotopic (exact) mass is 202 g/mol. The smallest absolute Gasteiger partial charge is 0.108 e. The van der Waals surface area contributed by atoms with Crippen molar-refractivity contribution in [1.29, 1.82) is 0 Å². The Morgan fingerprint density at radius 2 is 2.33 bits per heavy atom. The first-order valence-corrected chi connectivity index (χ1v) is 4.93. The summed E-state index contributed by atoms with van der Waals surface area (Å²) in [5.41, 5.74) is 1.09. The van der Waals surface area contributed by atoms with Gasteiger partial charge in [-0.2, -0.15) is 0 Å². The molecule has 1 unspecified atom stereocenters. The largest absolute Gasteiger partial charge is 0.383 e. The molecule has 3 heteroatoms. The van der Waals surface area contributed by atoms with Crippen molar-refractivity contribution in [2.45, 2.75) is 20.0 Å². The number of hydrogen-bond donors (Lipinski definition) is 1. The number of hydrogen-bond acceptors (Lipinski definition) is 2. The molecule has 0 aliphatic carbocycles. The van der Waals surface area contributed by atoms with Crippen molar-refractivity contribution in [1.82, 2.24) is 0 Å². The second kappa shape index (κ2) is 4.08. The van der Waals surface area contributed by atoms with E-state index in [1.807, 2.05) is 19.2 Å². The molecule has 0 fully saturated rings. The molecule has 0 saturated heterocycles. The fraction of sp³-hybridized carbons (Fsp3) is 0.333. The van der Waals surface area contributed by atoms with Crippen molar-refractivity contribution in [3.05, 3.63) is 33.0 Å². The Hall–Kier alpha value is -0.310. The SMILES string of the molecule is CC(C)=CC(O)c1sccc1Cl. The van der Waals surface area contributed by atoms with Gasteiger partial charge in [0.15, 0.2) is 0 Å². The Morgan fingerprint density at radius 1 is 1.67 bits per heavy atom. The Bertz CT molecular complexity index is 286. The summed E-state index contributed by atoms with van der Waals surface area (Å²) in [6.07, 6.45) is 1.24. The first kappa shape index (κ1) is 9.78. The third-order valence-corrected chi connectivity index (χ3v) is 2.83. The summed E-state index contributed by atoms with van der Waals surface area (Å²) in [5.74, 6) is 0. The van der Waals surface area contributed by atoms with Crippen LogP contribution in [0.5, 0.6) is 0 Å². The van der Waals surface area contributed by atoms with Crippen molar-refractivity contribution in [2.75, 3.05) is 0 Å². The van der Waals surface area contributed by atoms with Gasteiger partial charge in [-0.3, -0.25) is 0 Å². The fourth-order valence-electron chi connectivity index (χ4n) is 0.908. The lowest BCUT2D eigenvalue weighted by atomic mass is 10.2. The van der Waals surface area contributed by atoms with Gasteiger partial charge in [-0.05, 0) is 25.3 Å². The molecule has 1 nitrogen and oxygen atoms in total. The van der Waals surface area contributed by atoms with Crippen molar-refractivity contribution in [3.63, 3.8) is 0 Å². The highest BCUT2D eigenvalue weighted by Gasteiger charge is 2.09. The summed E-state index contributed by atoms with van der Waals surface area (Å²) in [5, 5.41) is 12.1. The maximum atomic E-state index is 9.61. The van der Waals surface area contributed by atoms with Crippen LogP contribution in [0.15, 0.2) is 23.1 Å². The zero-order valence-corrected chi connectivity index (χ0v) is 8.62. The number of aliphatic hydroxyl groups excluding tert-OH is 1. The van der Waals surface area contributed by atoms with Gasteiger partial charge in [-0.25, -0.2) is 0 Å². The minimum Gasteiger partial charge on any atom is -0.383 e. The van der Waals surface area contributed by atoms with E-state index in [1.165, 1.54) is 11.3 Å². The van der Waals surface area contributed by atoms with Crippen molar-refractivity contribution in [2.24, 2.45) is 0 Å². The van der Waals surface area contributed by atoms with Gasteiger partial charge in [0.1, 0.15) is 6.10 Å². The third kappa shape index (κ3) is 2.34. The topological polar surface area (TPSA) is 20.2 Å². The van der Waals surface area contributed by atoms with Gasteiger partial charge in [0.05, 0.1) is 9.90 Å². The van der Waals surface area contributed by atoms with Crippen LogP contribution in [0, 0.1) is 0 Å². The van der Waals surface area contributed by atoms with E-state index in [0.717, 1.165) is 10.5 Å². The van der Waals surface area contributed by atoms with Gasteiger partial charge in [0.2, 0.25) is 0 Å². The number of rotatable bonds is 2. The van der Waals surface area contributed by atoms with E-state index in [2.05, 4.69) is 0 Å². The second-order valence-electron chi connectivity index (χ2n) is 2.82. The Morgan fingerprint density at radius 3 is 2.75 bits per heavy atom. The summed E-state index contributed by atoms with van der Waals surface area (Å²) < 4.78 is 0. The van der Waals surface area contributed by atoms with Crippen molar-refractivity contribution in [3.8, 4) is 0 Å². The fourth-order valence-corrected chi connectivity index (χ4v) is 2.03. The molecule has 0 radical (unpaired) electrons. The van der Waals surface area contributed by atoms with Gasteiger partial charge >= 0.3 is 0 Å². The zero-order chi connectivity index (χ0) is 9.14. The van der Waals surface area contributed by atoms with E-state index in [0.29, 0.717) is 5.02 Å². The van der Waals surface area contributed by atoms with E-state index < -0.39 is 6.10 Å². The summed E-state index contributed by atoms with van der Waals surface area (Å²) in [7, 11) is 0. The van der Waals surface area contributed by atoms with Crippen LogP contribution in [0.2, 0.25) is 5.02 Å². The lowest BCUT2D eigenvalue weighted by Gasteiger charge is -2.03. The second-order valence-corrected chi connectivity index (χ2v) is 4.18. The molecule has 1 atom stereocenters. The maximum absolute atomic E-state index is 9.61. The lowest BCUT2D eigenvalue weighted by Crippen LogP contribution is -1.90. The number of allylic oxidation sites excluding steroid dienone is 1. The minimum absolute atomic E-state index is 0.553. The van der Waals surface area contributed by atoms with E-state index in [-0.39, 0.29) is 0 Å². The molecule has 0 aliphatic heterocycles. The molecule has 0 bridgehead atoms. The maximum Gasteiger partial charge on any atom is 0.108 e. The highest BCUT2D eigenvalue weighted by molar-refractivity contribution is 7.10. The van der Waals surface area contributed by atoms with Crippen LogP contribution in [0.25, 0.3) is 0 Å². The molecule has 0 amide bonds. The van der Waals surface area contributed by atoms with Gasteiger partial charge in [0, 0.05) is 0 Å². The van der Waals surface area contributed by atoms with Gasteiger partial charge in [-0.1, -0.05) is 23.3 Å². The Labute approximate surface area is 81.3 Å². The van der Waals surface area contributed by atoms with Crippen LogP contribution in [-0.4, -0.2) is 5.11 Å². The van der Waals surface area contributed by atoms with Gasteiger partial charge in [0.25, 0.3) is 0 Å². The standard InChI is InChI=1S/C9H11ClOS/c1-6(2)5-8(11)9-7(10)3-4-12-9/h3-5,8,11H,1-2H3. The summed E-state index contributed by atoms with van der Waals surface area (Å²) in [6, 6.07) is 1.80. The van der Waals surface area contributed by atoms with Gasteiger partial charge < -0.3 is 5.11 Å². The van der Waals surface area contributed by atoms with Crippen molar-refractivity contribution >= 4 is 22.9 Å². The molecule has 1 aromatic rings. The average Bonchev–Trinajstić information content (AvgIpc) is 2.33. The average molecular weight is 203 g/mol.